The zero-order valence-corrected chi connectivity index (χ0v) is 14.5. The van der Waals surface area contributed by atoms with Crippen LogP contribution in [0.1, 0.15) is 35.7 Å². The zero-order chi connectivity index (χ0) is 17.8. The lowest BCUT2D eigenvalue weighted by molar-refractivity contribution is 0.103. The smallest absolute Gasteiger partial charge is 0.193 e. The molecule has 1 aliphatic heterocycles. The third-order valence-electron chi connectivity index (χ3n) is 4.76. The molecule has 5 N–H and O–H groups in total. The van der Waals surface area contributed by atoms with Crippen molar-refractivity contribution in [2.75, 3.05) is 24.6 Å². The van der Waals surface area contributed by atoms with Crippen molar-refractivity contribution in [2.45, 2.75) is 25.9 Å². The first-order valence-corrected chi connectivity index (χ1v) is 8.75. The van der Waals surface area contributed by atoms with Gasteiger partial charge in [0, 0.05) is 23.6 Å². The van der Waals surface area contributed by atoms with Gasteiger partial charge in [0.2, 0.25) is 0 Å². The maximum Gasteiger partial charge on any atom is 0.193 e. The van der Waals surface area contributed by atoms with E-state index >= 15 is 0 Å². The summed E-state index contributed by atoms with van der Waals surface area (Å²) in [4.78, 5) is 12.7. The average Bonchev–Trinajstić information content (AvgIpc) is 3.16. The van der Waals surface area contributed by atoms with Gasteiger partial charge in [0.1, 0.15) is 11.9 Å². The predicted octanol–water partition coefficient (Wildman–Crippen LogP) is 2.85. The Morgan fingerprint density at radius 2 is 2.00 bits per heavy atom. The highest BCUT2D eigenvalue weighted by Gasteiger charge is 2.25. The molecule has 3 rings (SSSR count). The van der Waals surface area contributed by atoms with Crippen LogP contribution in [-0.4, -0.2) is 25.0 Å². The van der Waals surface area contributed by atoms with Crippen molar-refractivity contribution in [3.63, 3.8) is 0 Å². The van der Waals surface area contributed by atoms with Crippen molar-refractivity contribution in [2.24, 2.45) is 5.92 Å². The van der Waals surface area contributed by atoms with E-state index < -0.39 is 0 Å². The largest absolute Gasteiger partial charge is 0.490 e. The Bertz CT molecular complexity index is 754. The first-order valence-electron chi connectivity index (χ1n) is 8.75. The Balaban J connectivity index is 1.78. The van der Waals surface area contributed by atoms with Crippen LogP contribution in [0.2, 0.25) is 0 Å². The van der Waals surface area contributed by atoms with E-state index in [1.807, 2.05) is 12.1 Å². The number of hydrogen-bond donors (Lipinski definition) is 3. The summed E-state index contributed by atoms with van der Waals surface area (Å²) in [5, 5.41) is 3.38. The average molecular weight is 339 g/mol. The number of carbonyl (C=O) groups is 1. The van der Waals surface area contributed by atoms with Crippen molar-refractivity contribution >= 4 is 17.2 Å². The number of carbonyl (C=O) groups excluding carboxylic acids is 1. The molecule has 0 bridgehead atoms. The van der Waals surface area contributed by atoms with Crippen LogP contribution in [0.5, 0.6) is 5.75 Å². The minimum absolute atomic E-state index is 0.0901. The summed E-state index contributed by atoms with van der Waals surface area (Å²) in [6.45, 7) is 4.17. The number of nitrogens with two attached hydrogens (primary N) is 2. The Morgan fingerprint density at radius 1 is 1.20 bits per heavy atom. The van der Waals surface area contributed by atoms with Gasteiger partial charge in [0.25, 0.3) is 0 Å². The van der Waals surface area contributed by atoms with E-state index in [1.165, 1.54) is 0 Å². The Hall–Kier alpha value is -2.53. The van der Waals surface area contributed by atoms with Gasteiger partial charge in [-0.2, -0.15) is 0 Å². The van der Waals surface area contributed by atoms with Crippen LogP contribution in [0, 0.1) is 5.92 Å². The summed E-state index contributed by atoms with van der Waals surface area (Å²) in [7, 11) is 0. The number of rotatable bonds is 6. The standard InChI is InChI=1S/C20H25N3O2/c1-2-19(15-8-9-23-12-15)25-16-5-3-4-13(10-16)20(24)14-6-7-17(21)18(22)11-14/h3-7,10-11,15,19,23H,2,8-9,12,21-22H2,1H3. The van der Waals surface area contributed by atoms with Crippen LogP contribution in [0.3, 0.4) is 0 Å². The van der Waals surface area contributed by atoms with E-state index in [0.29, 0.717) is 28.4 Å². The maximum absolute atomic E-state index is 12.7. The maximum atomic E-state index is 12.7. The molecule has 1 saturated heterocycles. The Labute approximate surface area is 148 Å². The van der Waals surface area contributed by atoms with E-state index in [0.717, 1.165) is 31.7 Å². The second-order valence-electron chi connectivity index (χ2n) is 6.52. The summed E-state index contributed by atoms with van der Waals surface area (Å²) >= 11 is 0. The lowest BCUT2D eigenvalue weighted by Crippen LogP contribution is -2.28. The fourth-order valence-electron chi connectivity index (χ4n) is 3.28. The predicted molar refractivity (Wildman–Crippen MR) is 101 cm³/mol. The number of nitrogens with one attached hydrogen (secondary N) is 1. The number of anilines is 2. The molecule has 0 aliphatic carbocycles. The number of nitrogen functional groups attached to an aromatic ring is 2. The molecule has 0 amide bonds. The molecule has 2 aromatic carbocycles. The molecule has 5 nitrogen and oxygen atoms in total. The molecule has 1 fully saturated rings. The molecule has 2 unspecified atom stereocenters. The lowest BCUT2D eigenvalue weighted by Gasteiger charge is -2.23. The Kier molecular flexibility index (Phi) is 5.24. The van der Waals surface area contributed by atoms with Crippen LogP contribution in [0.25, 0.3) is 0 Å². The summed E-state index contributed by atoms with van der Waals surface area (Å²) in [6, 6.07) is 12.3. The molecular formula is C20H25N3O2. The van der Waals surface area contributed by atoms with Crippen LogP contribution in [0.4, 0.5) is 11.4 Å². The molecule has 0 radical (unpaired) electrons. The van der Waals surface area contributed by atoms with Crippen molar-refractivity contribution < 1.29 is 9.53 Å². The summed E-state index contributed by atoms with van der Waals surface area (Å²) in [6.07, 6.45) is 2.23. The summed E-state index contributed by atoms with van der Waals surface area (Å²) in [5.41, 5.74) is 13.5. The molecule has 1 heterocycles. The third kappa shape index (κ3) is 3.94. The lowest BCUT2D eigenvalue weighted by atomic mass is 9.99. The van der Waals surface area contributed by atoms with Gasteiger partial charge in [-0.25, -0.2) is 0 Å². The van der Waals surface area contributed by atoms with Crippen molar-refractivity contribution in [1.82, 2.24) is 5.32 Å². The molecule has 2 atom stereocenters. The van der Waals surface area contributed by atoms with Crippen molar-refractivity contribution in [3.05, 3.63) is 53.6 Å². The van der Waals surface area contributed by atoms with Crippen LogP contribution in [-0.2, 0) is 0 Å². The van der Waals surface area contributed by atoms with E-state index in [4.69, 9.17) is 16.2 Å². The highest BCUT2D eigenvalue weighted by Crippen LogP contribution is 2.25. The summed E-state index contributed by atoms with van der Waals surface area (Å²) < 4.78 is 6.18. The normalized spacial score (nSPS) is 18.0. The first kappa shape index (κ1) is 17.3. The number of hydrogen-bond acceptors (Lipinski definition) is 5. The number of ether oxygens (including phenoxy) is 1. The minimum atomic E-state index is -0.0901. The Morgan fingerprint density at radius 3 is 2.68 bits per heavy atom. The van der Waals surface area contributed by atoms with E-state index in [9.17, 15) is 4.79 Å². The molecule has 0 aromatic heterocycles. The van der Waals surface area contributed by atoms with Crippen molar-refractivity contribution in [1.29, 1.82) is 0 Å². The second-order valence-corrected chi connectivity index (χ2v) is 6.52. The minimum Gasteiger partial charge on any atom is -0.490 e. The number of benzene rings is 2. The van der Waals surface area contributed by atoms with Gasteiger partial charge in [0.05, 0.1) is 11.4 Å². The first-order chi connectivity index (χ1) is 12.1. The third-order valence-corrected chi connectivity index (χ3v) is 4.76. The topological polar surface area (TPSA) is 90.4 Å². The van der Waals surface area contributed by atoms with Gasteiger partial charge in [-0.1, -0.05) is 19.1 Å². The van der Waals surface area contributed by atoms with Gasteiger partial charge in [-0.05, 0) is 49.7 Å². The molecule has 132 valence electrons. The van der Waals surface area contributed by atoms with E-state index in [2.05, 4.69) is 12.2 Å². The highest BCUT2D eigenvalue weighted by molar-refractivity contribution is 6.10. The van der Waals surface area contributed by atoms with Crippen LogP contribution in [0.15, 0.2) is 42.5 Å². The highest BCUT2D eigenvalue weighted by atomic mass is 16.5. The molecule has 5 heteroatoms. The van der Waals surface area contributed by atoms with E-state index in [1.54, 1.807) is 30.3 Å². The summed E-state index contributed by atoms with van der Waals surface area (Å²) in [5.74, 6) is 1.15. The molecule has 0 spiro atoms. The van der Waals surface area contributed by atoms with Gasteiger partial charge in [-0.3, -0.25) is 4.79 Å². The van der Waals surface area contributed by atoms with Crippen LogP contribution >= 0.6 is 0 Å². The van der Waals surface area contributed by atoms with Crippen LogP contribution < -0.4 is 21.5 Å². The monoisotopic (exact) mass is 339 g/mol. The van der Waals surface area contributed by atoms with Gasteiger partial charge in [0.15, 0.2) is 5.78 Å². The molecular weight excluding hydrogens is 314 g/mol. The fraction of sp³-hybridized carbons (Fsp3) is 0.350. The molecule has 2 aromatic rings. The fourth-order valence-corrected chi connectivity index (χ4v) is 3.28. The quantitative estimate of drug-likeness (QED) is 0.556. The molecule has 0 saturated carbocycles. The van der Waals surface area contributed by atoms with Gasteiger partial charge < -0.3 is 21.5 Å². The van der Waals surface area contributed by atoms with Gasteiger partial charge >= 0.3 is 0 Å². The van der Waals surface area contributed by atoms with E-state index in [-0.39, 0.29) is 11.9 Å². The number of ketones is 1. The molecule has 25 heavy (non-hydrogen) atoms. The van der Waals surface area contributed by atoms with Gasteiger partial charge in [-0.15, -0.1) is 0 Å². The zero-order valence-electron chi connectivity index (χ0n) is 14.5. The second kappa shape index (κ2) is 7.57. The van der Waals surface area contributed by atoms with Crippen molar-refractivity contribution in [3.8, 4) is 5.75 Å². The SMILES string of the molecule is CCC(Oc1cccc(C(=O)c2ccc(N)c(N)c2)c1)C1CCNC1. The molecule has 1 aliphatic rings.